The van der Waals surface area contributed by atoms with Crippen LogP contribution in [0.15, 0.2) is 42.5 Å². The summed E-state index contributed by atoms with van der Waals surface area (Å²) < 4.78 is 7.10. The Bertz CT molecular complexity index is 767. The Morgan fingerprint density at radius 2 is 2.05 bits per heavy atom. The monoisotopic (exact) mass is 287 g/mol. The first-order valence-electron chi connectivity index (χ1n) is 6.21. The first kappa shape index (κ1) is 12.8. The number of ether oxygens (including phenoxy) is 1. The lowest BCUT2D eigenvalue weighted by atomic mass is 10.2. The van der Waals surface area contributed by atoms with Crippen LogP contribution in [0.5, 0.6) is 5.75 Å². The van der Waals surface area contributed by atoms with E-state index < -0.39 is 0 Å². The van der Waals surface area contributed by atoms with Gasteiger partial charge in [0.25, 0.3) is 0 Å². The second-order valence-corrected chi connectivity index (χ2v) is 4.93. The van der Waals surface area contributed by atoms with Crippen molar-refractivity contribution in [2.24, 2.45) is 7.05 Å². The molecule has 102 valence electrons. The minimum absolute atomic E-state index is 0.688. The molecule has 20 heavy (non-hydrogen) atoms. The van der Waals surface area contributed by atoms with Crippen LogP contribution in [0.3, 0.4) is 0 Å². The van der Waals surface area contributed by atoms with Gasteiger partial charge in [0.05, 0.1) is 12.6 Å². The molecule has 1 N–H and O–H groups in total. The average Bonchev–Trinajstić information content (AvgIpc) is 2.75. The van der Waals surface area contributed by atoms with E-state index in [1.54, 1.807) is 7.11 Å². The van der Waals surface area contributed by atoms with Crippen molar-refractivity contribution in [2.75, 3.05) is 12.4 Å². The van der Waals surface area contributed by atoms with Crippen LogP contribution in [0.4, 0.5) is 11.5 Å². The fraction of sp³-hybridized carbons (Fsp3) is 0.133. The van der Waals surface area contributed by atoms with Crippen LogP contribution in [-0.2, 0) is 7.05 Å². The number of methoxy groups -OCH3 is 1. The van der Waals surface area contributed by atoms with Crippen LogP contribution < -0.4 is 10.1 Å². The SMILES string of the molecule is COc1ccc2c(c1)c(Nc1cccc(Cl)c1)nn2C. The normalized spacial score (nSPS) is 10.8. The van der Waals surface area contributed by atoms with Crippen molar-refractivity contribution < 1.29 is 4.74 Å². The van der Waals surface area contributed by atoms with Gasteiger partial charge < -0.3 is 10.1 Å². The van der Waals surface area contributed by atoms with Crippen molar-refractivity contribution in [3.05, 3.63) is 47.5 Å². The molecular weight excluding hydrogens is 274 g/mol. The van der Waals surface area contributed by atoms with Crippen LogP contribution in [0.1, 0.15) is 0 Å². The summed E-state index contributed by atoms with van der Waals surface area (Å²) in [5.41, 5.74) is 1.94. The molecule has 0 amide bonds. The van der Waals surface area contributed by atoms with Crippen molar-refractivity contribution >= 4 is 34.0 Å². The molecule has 1 aromatic heterocycles. The number of aromatic nitrogens is 2. The van der Waals surface area contributed by atoms with E-state index in [4.69, 9.17) is 16.3 Å². The molecule has 0 aliphatic rings. The lowest BCUT2D eigenvalue weighted by Gasteiger charge is -2.04. The first-order chi connectivity index (χ1) is 9.67. The van der Waals surface area contributed by atoms with Gasteiger partial charge in [-0.3, -0.25) is 4.68 Å². The third-order valence-corrected chi connectivity index (χ3v) is 3.38. The van der Waals surface area contributed by atoms with Gasteiger partial charge in [-0.15, -0.1) is 0 Å². The molecule has 0 aliphatic carbocycles. The van der Waals surface area contributed by atoms with E-state index in [9.17, 15) is 0 Å². The Morgan fingerprint density at radius 3 is 2.80 bits per heavy atom. The quantitative estimate of drug-likeness (QED) is 0.792. The first-order valence-corrected chi connectivity index (χ1v) is 6.58. The molecule has 2 aromatic carbocycles. The molecule has 0 spiro atoms. The maximum atomic E-state index is 6.00. The lowest BCUT2D eigenvalue weighted by Crippen LogP contribution is -1.93. The molecule has 0 atom stereocenters. The second-order valence-electron chi connectivity index (χ2n) is 4.49. The standard InChI is InChI=1S/C15H14ClN3O/c1-19-14-7-6-12(20-2)9-13(14)15(18-19)17-11-5-3-4-10(16)8-11/h3-9H,1-2H3,(H,17,18). The zero-order valence-corrected chi connectivity index (χ0v) is 12.0. The molecule has 0 saturated heterocycles. The molecule has 4 nitrogen and oxygen atoms in total. The van der Waals surface area contributed by atoms with Gasteiger partial charge in [0.1, 0.15) is 5.75 Å². The number of nitrogens with one attached hydrogen (secondary N) is 1. The van der Waals surface area contributed by atoms with E-state index in [1.807, 2.05) is 54.2 Å². The highest BCUT2D eigenvalue weighted by atomic mass is 35.5. The molecule has 1 heterocycles. The number of hydrogen-bond acceptors (Lipinski definition) is 3. The van der Waals surface area contributed by atoms with Gasteiger partial charge in [0.15, 0.2) is 5.82 Å². The fourth-order valence-electron chi connectivity index (χ4n) is 2.17. The van der Waals surface area contributed by atoms with Crippen molar-refractivity contribution in [1.29, 1.82) is 0 Å². The van der Waals surface area contributed by atoms with E-state index in [0.717, 1.165) is 28.2 Å². The van der Waals surface area contributed by atoms with Crippen molar-refractivity contribution in [1.82, 2.24) is 9.78 Å². The van der Waals surface area contributed by atoms with Crippen molar-refractivity contribution in [3.63, 3.8) is 0 Å². The fourth-order valence-corrected chi connectivity index (χ4v) is 2.36. The lowest BCUT2D eigenvalue weighted by molar-refractivity contribution is 0.415. The molecule has 0 radical (unpaired) electrons. The molecule has 5 heteroatoms. The molecule has 0 fully saturated rings. The molecule has 0 bridgehead atoms. The van der Waals surface area contributed by atoms with Crippen molar-refractivity contribution in [3.8, 4) is 5.75 Å². The minimum Gasteiger partial charge on any atom is -0.497 e. The molecule has 3 aromatic rings. The summed E-state index contributed by atoms with van der Waals surface area (Å²) in [6.45, 7) is 0. The summed E-state index contributed by atoms with van der Waals surface area (Å²) in [5.74, 6) is 1.59. The number of hydrogen-bond donors (Lipinski definition) is 1. The summed E-state index contributed by atoms with van der Waals surface area (Å²) in [5, 5.41) is 9.48. The number of benzene rings is 2. The van der Waals surface area contributed by atoms with Gasteiger partial charge in [-0.1, -0.05) is 17.7 Å². The number of aryl methyl sites for hydroxylation is 1. The van der Waals surface area contributed by atoms with Crippen molar-refractivity contribution in [2.45, 2.75) is 0 Å². The topological polar surface area (TPSA) is 39.1 Å². The largest absolute Gasteiger partial charge is 0.497 e. The highest BCUT2D eigenvalue weighted by Gasteiger charge is 2.10. The van der Waals surface area contributed by atoms with Gasteiger partial charge >= 0.3 is 0 Å². The maximum absolute atomic E-state index is 6.00. The van der Waals surface area contributed by atoms with Gasteiger partial charge in [0.2, 0.25) is 0 Å². The number of nitrogens with zero attached hydrogens (tertiary/aromatic N) is 2. The van der Waals surface area contributed by atoms with E-state index in [1.165, 1.54) is 0 Å². The molecule has 3 rings (SSSR count). The maximum Gasteiger partial charge on any atom is 0.160 e. The summed E-state index contributed by atoms with van der Waals surface area (Å²) in [7, 11) is 3.57. The van der Waals surface area contributed by atoms with Gasteiger partial charge in [-0.2, -0.15) is 5.10 Å². The van der Waals surface area contributed by atoms with E-state index >= 15 is 0 Å². The smallest absolute Gasteiger partial charge is 0.160 e. The van der Waals surface area contributed by atoms with E-state index in [0.29, 0.717) is 5.02 Å². The highest BCUT2D eigenvalue weighted by molar-refractivity contribution is 6.30. The van der Waals surface area contributed by atoms with Crippen LogP contribution in [0.25, 0.3) is 10.9 Å². The second kappa shape index (κ2) is 5.06. The van der Waals surface area contributed by atoms with E-state index in [-0.39, 0.29) is 0 Å². The van der Waals surface area contributed by atoms with Crippen LogP contribution in [0, 0.1) is 0 Å². The third-order valence-electron chi connectivity index (χ3n) is 3.14. The summed E-state index contributed by atoms with van der Waals surface area (Å²) >= 11 is 6.00. The number of fused-ring (bicyclic) bond motifs is 1. The Hall–Kier alpha value is -2.20. The Labute approximate surface area is 121 Å². The van der Waals surface area contributed by atoms with E-state index in [2.05, 4.69) is 10.4 Å². The Morgan fingerprint density at radius 1 is 1.20 bits per heavy atom. The Kier molecular flexibility index (Phi) is 3.24. The zero-order chi connectivity index (χ0) is 14.1. The zero-order valence-electron chi connectivity index (χ0n) is 11.2. The van der Waals surface area contributed by atoms with Gasteiger partial charge in [0, 0.05) is 23.1 Å². The molecule has 0 saturated carbocycles. The molecule has 0 unspecified atom stereocenters. The predicted molar refractivity (Wildman–Crippen MR) is 82.0 cm³/mol. The summed E-state index contributed by atoms with van der Waals surface area (Å²) in [6.07, 6.45) is 0. The number of rotatable bonds is 3. The average molecular weight is 288 g/mol. The highest BCUT2D eigenvalue weighted by Crippen LogP contribution is 2.29. The summed E-state index contributed by atoms with van der Waals surface area (Å²) in [4.78, 5) is 0. The number of halogens is 1. The van der Waals surface area contributed by atoms with Crippen LogP contribution in [-0.4, -0.2) is 16.9 Å². The summed E-state index contributed by atoms with van der Waals surface area (Å²) in [6, 6.07) is 13.4. The Balaban J connectivity index is 2.06. The number of anilines is 2. The molecule has 0 aliphatic heterocycles. The van der Waals surface area contributed by atoms with Crippen LogP contribution in [0.2, 0.25) is 5.02 Å². The van der Waals surface area contributed by atoms with Gasteiger partial charge in [-0.05, 0) is 36.4 Å². The minimum atomic E-state index is 0.688. The third kappa shape index (κ3) is 2.30. The van der Waals surface area contributed by atoms with Gasteiger partial charge in [-0.25, -0.2) is 0 Å². The molecular formula is C15H14ClN3O. The predicted octanol–water partition coefficient (Wildman–Crippen LogP) is 3.98. The van der Waals surface area contributed by atoms with Crippen LogP contribution >= 0.6 is 11.6 Å².